The van der Waals surface area contributed by atoms with Gasteiger partial charge < -0.3 is 20.0 Å². The first-order valence-corrected chi connectivity index (χ1v) is 10.3. The number of carboxylic acid groups (broad SMARTS) is 1. The lowest BCUT2D eigenvalue weighted by Gasteiger charge is -2.27. The number of carbonyl (C=O) groups is 3. The summed E-state index contributed by atoms with van der Waals surface area (Å²) >= 11 is 1.42. The third kappa shape index (κ3) is 3.08. The number of nitrogens with one attached hydrogen (secondary N) is 1. The second-order valence-electron chi connectivity index (χ2n) is 7.57. The smallest absolute Gasteiger partial charge is 0.341 e. The molecule has 1 aromatic rings. The minimum atomic E-state index is -1.18. The summed E-state index contributed by atoms with van der Waals surface area (Å²) in [5.41, 5.74) is 1.42. The number of anilines is 1. The Hall–Kier alpha value is -2.15. The molecule has 0 saturated heterocycles. The van der Waals surface area contributed by atoms with Gasteiger partial charge in [0.05, 0.1) is 18.6 Å². The van der Waals surface area contributed by atoms with Crippen molar-refractivity contribution < 1.29 is 24.2 Å². The van der Waals surface area contributed by atoms with E-state index in [-0.39, 0.29) is 17.7 Å². The van der Waals surface area contributed by atoms with Gasteiger partial charge in [-0.15, -0.1) is 11.3 Å². The molecule has 1 heterocycles. The number of ether oxygens (including phenoxy) is 1. The fraction of sp³-hybridized carbons (Fsp3) is 0.550. The summed E-state index contributed by atoms with van der Waals surface area (Å²) < 4.78 is 4.96. The maximum absolute atomic E-state index is 13.0. The van der Waals surface area contributed by atoms with Gasteiger partial charge in [0.15, 0.2) is 0 Å². The van der Waals surface area contributed by atoms with E-state index in [1.807, 2.05) is 12.2 Å². The summed E-state index contributed by atoms with van der Waals surface area (Å²) in [4.78, 5) is 38.1. The van der Waals surface area contributed by atoms with E-state index in [4.69, 9.17) is 4.74 Å². The van der Waals surface area contributed by atoms with Crippen LogP contribution in [0.25, 0.3) is 0 Å². The molecule has 0 unspecified atom stereocenters. The van der Waals surface area contributed by atoms with Crippen LogP contribution in [0.1, 0.15) is 46.5 Å². The van der Waals surface area contributed by atoms with Crippen LogP contribution in [-0.4, -0.2) is 25.0 Å². The van der Waals surface area contributed by atoms with E-state index in [9.17, 15) is 19.5 Å². The summed E-state index contributed by atoms with van der Waals surface area (Å²) in [6.45, 7) is 0. The molecule has 2 bridgehead atoms. The molecule has 1 saturated carbocycles. The van der Waals surface area contributed by atoms with Crippen LogP contribution in [0, 0.1) is 23.7 Å². The number of carboxylic acids is 1. The second-order valence-corrected chi connectivity index (χ2v) is 8.67. The third-order valence-corrected chi connectivity index (χ3v) is 7.29. The lowest BCUT2D eigenvalue weighted by atomic mass is 9.82. The molecule has 1 fully saturated rings. The van der Waals surface area contributed by atoms with Gasteiger partial charge in [0, 0.05) is 16.8 Å². The van der Waals surface area contributed by atoms with E-state index < -0.39 is 23.8 Å². The Morgan fingerprint density at radius 1 is 1.11 bits per heavy atom. The SMILES string of the molecule is COC(=O)c1c(NC(=O)[C@@H]2[C@@H](C(=O)[O-])[C@H]3C=C[C@@H]2C3)sc2c1CCCCC2. The number of hydrogen-bond donors (Lipinski definition) is 1. The van der Waals surface area contributed by atoms with Gasteiger partial charge in [-0.25, -0.2) is 4.79 Å². The van der Waals surface area contributed by atoms with E-state index in [0.29, 0.717) is 17.0 Å². The quantitative estimate of drug-likeness (QED) is 0.483. The van der Waals surface area contributed by atoms with Crippen LogP contribution in [0.2, 0.25) is 0 Å². The molecule has 0 aromatic carbocycles. The Labute approximate surface area is 161 Å². The predicted octanol–water partition coefficient (Wildman–Crippen LogP) is 1.93. The fourth-order valence-electron chi connectivity index (χ4n) is 4.84. The number of aliphatic carboxylic acids is 1. The minimum absolute atomic E-state index is 0.0859. The summed E-state index contributed by atoms with van der Waals surface area (Å²) in [6, 6.07) is 0. The number of hydrogen-bond acceptors (Lipinski definition) is 6. The van der Waals surface area contributed by atoms with E-state index >= 15 is 0 Å². The first-order chi connectivity index (χ1) is 13.0. The molecule has 1 amide bonds. The maximum atomic E-state index is 13.0. The number of esters is 1. The highest BCUT2D eigenvalue weighted by atomic mass is 32.1. The zero-order chi connectivity index (χ0) is 19.1. The highest BCUT2D eigenvalue weighted by molar-refractivity contribution is 7.17. The lowest BCUT2D eigenvalue weighted by molar-refractivity contribution is -0.313. The third-order valence-electron chi connectivity index (χ3n) is 6.08. The largest absolute Gasteiger partial charge is 0.550 e. The molecule has 7 heteroatoms. The van der Waals surface area contributed by atoms with Crippen molar-refractivity contribution >= 4 is 34.2 Å². The highest BCUT2D eigenvalue weighted by Crippen LogP contribution is 2.48. The van der Waals surface area contributed by atoms with Crippen molar-refractivity contribution in [3.63, 3.8) is 0 Å². The Bertz CT molecular complexity index is 827. The number of thiophene rings is 1. The van der Waals surface area contributed by atoms with Crippen molar-refractivity contribution in [2.75, 3.05) is 12.4 Å². The molecule has 0 spiro atoms. The Kier molecular flexibility index (Phi) is 4.80. The highest BCUT2D eigenvalue weighted by Gasteiger charge is 2.49. The van der Waals surface area contributed by atoms with Gasteiger partial charge in [-0.1, -0.05) is 18.6 Å². The van der Waals surface area contributed by atoms with Crippen molar-refractivity contribution in [3.05, 3.63) is 28.2 Å². The zero-order valence-electron chi connectivity index (χ0n) is 15.2. The van der Waals surface area contributed by atoms with Crippen molar-refractivity contribution in [2.45, 2.75) is 38.5 Å². The van der Waals surface area contributed by atoms with Crippen LogP contribution >= 0.6 is 11.3 Å². The molecule has 0 aliphatic heterocycles. The standard InChI is InChI=1S/C20H23NO5S/c1-26-20(25)16-12-5-3-2-4-6-13(12)27-18(16)21-17(22)14-10-7-8-11(9-10)15(14)19(23)24/h7-8,10-11,14-15H,2-6,9H2,1H3,(H,21,22)(H,23,24)/p-1/t10-,11+,14+,15+/m1/s1. The summed E-state index contributed by atoms with van der Waals surface area (Å²) in [5.74, 6) is -3.66. The molecule has 1 aromatic heterocycles. The lowest BCUT2D eigenvalue weighted by Crippen LogP contribution is -2.42. The van der Waals surface area contributed by atoms with E-state index in [0.717, 1.165) is 42.5 Å². The van der Waals surface area contributed by atoms with Gasteiger partial charge in [-0.2, -0.15) is 0 Å². The molecular formula is C20H22NO5S-. The van der Waals surface area contributed by atoms with Crippen LogP contribution < -0.4 is 10.4 Å². The number of rotatable bonds is 4. The van der Waals surface area contributed by atoms with Crippen molar-refractivity contribution in [1.82, 2.24) is 0 Å². The molecule has 144 valence electrons. The molecule has 27 heavy (non-hydrogen) atoms. The summed E-state index contributed by atoms with van der Waals surface area (Å²) in [5, 5.41) is 14.9. The predicted molar refractivity (Wildman–Crippen MR) is 98.3 cm³/mol. The van der Waals surface area contributed by atoms with E-state index in [2.05, 4.69) is 5.32 Å². The van der Waals surface area contributed by atoms with E-state index in [1.165, 1.54) is 18.4 Å². The molecule has 1 N–H and O–H groups in total. The van der Waals surface area contributed by atoms with Gasteiger partial charge in [0.1, 0.15) is 5.00 Å². The van der Waals surface area contributed by atoms with E-state index in [1.54, 1.807) is 0 Å². The van der Waals surface area contributed by atoms with Crippen LogP contribution in [-0.2, 0) is 27.2 Å². The van der Waals surface area contributed by atoms with Gasteiger partial charge in [-0.05, 0) is 49.5 Å². The fourth-order valence-corrected chi connectivity index (χ4v) is 6.13. The van der Waals surface area contributed by atoms with Gasteiger partial charge in [0.25, 0.3) is 0 Å². The number of carbonyl (C=O) groups excluding carboxylic acids is 3. The molecule has 6 nitrogen and oxygen atoms in total. The maximum Gasteiger partial charge on any atom is 0.341 e. The Morgan fingerprint density at radius 2 is 1.81 bits per heavy atom. The van der Waals surface area contributed by atoms with Crippen molar-refractivity contribution in [3.8, 4) is 0 Å². The molecule has 3 aliphatic rings. The number of allylic oxidation sites excluding steroid dienone is 2. The van der Waals surface area contributed by atoms with Crippen LogP contribution in [0.4, 0.5) is 5.00 Å². The Morgan fingerprint density at radius 3 is 2.52 bits per heavy atom. The topological polar surface area (TPSA) is 95.5 Å². The summed E-state index contributed by atoms with van der Waals surface area (Å²) in [6.07, 6.45) is 9.34. The van der Waals surface area contributed by atoms with Crippen LogP contribution in [0.5, 0.6) is 0 Å². The van der Waals surface area contributed by atoms with Crippen LogP contribution in [0.3, 0.4) is 0 Å². The number of aryl methyl sites for hydroxylation is 1. The van der Waals surface area contributed by atoms with Crippen LogP contribution in [0.15, 0.2) is 12.2 Å². The minimum Gasteiger partial charge on any atom is -0.550 e. The molecule has 0 radical (unpaired) electrons. The van der Waals surface area contributed by atoms with Crippen molar-refractivity contribution in [1.29, 1.82) is 0 Å². The monoisotopic (exact) mass is 388 g/mol. The average Bonchev–Trinajstić information content (AvgIpc) is 3.30. The van der Waals surface area contributed by atoms with Crippen molar-refractivity contribution in [2.24, 2.45) is 23.7 Å². The number of fused-ring (bicyclic) bond motifs is 3. The zero-order valence-corrected chi connectivity index (χ0v) is 16.0. The molecule has 4 atom stereocenters. The molecular weight excluding hydrogens is 366 g/mol. The first kappa shape index (κ1) is 18.2. The normalized spacial score (nSPS) is 28.5. The molecule has 3 aliphatic carbocycles. The first-order valence-electron chi connectivity index (χ1n) is 9.44. The molecule has 4 rings (SSSR count). The van der Waals surface area contributed by atoms with Gasteiger partial charge in [0.2, 0.25) is 5.91 Å². The van der Waals surface area contributed by atoms with Gasteiger partial charge >= 0.3 is 5.97 Å². The van der Waals surface area contributed by atoms with Gasteiger partial charge in [-0.3, -0.25) is 4.79 Å². The Balaban J connectivity index is 1.64. The number of methoxy groups -OCH3 is 1. The number of amides is 1. The average molecular weight is 388 g/mol. The second kappa shape index (κ2) is 7.11. The summed E-state index contributed by atoms with van der Waals surface area (Å²) in [7, 11) is 1.33.